The van der Waals surface area contributed by atoms with Crippen LogP contribution < -0.4 is 5.32 Å². The summed E-state index contributed by atoms with van der Waals surface area (Å²) in [6, 6.07) is 0.237. The number of carbonyl (C=O) groups is 1. The second-order valence-electron chi connectivity index (χ2n) is 4.40. The Morgan fingerprint density at radius 1 is 1.60 bits per heavy atom. The van der Waals surface area contributed by atoms with Gasteiger partial charge in [-0.25, -0.2) is 0 Å². The molecule has 1 fully saturated rings. The Morgan fingerprint density at radius 3 is 2.80 bits per heavy atom. The van der Waals surface area contributed by atoms with Crippen LogP contribution in [0.15, 0.2) is 0 Å². The van der Waals surface area contributed by atoms with Gasteiger partial charge in [0.25, 0.3) is 0 Å². The second kappa shape index (κ2) is 6.64. The molecule has 0 aromatic carbocycles. The zero-order valence-corrected chi connectivity index (χ0v) is 11.0. The van der Waals surface area contributed by atoms with Crippen LogP contribution in [0.25, 0.3) is 0 Å². The zero-order chi connectivity index (χ0) is 11.3. The fourth-order valence-corrected chi connectivity index (χ4v) is 3.19. The van der Waals surface area contributed by atoms with E-state index < -0.39 is 0 Å². The predicted octanol–water partition coefficient (Wildman–Crippen LogP) is 2.51. The number of amides is 1. The van der Waals surface area contributed by atoms with Gasteiger partial charge in [0.1, 0.15) is 0 Å². The minimum absolute atomic E-state index is 0.226. The van der Waals surface area contributed by atoms with Gasteiger partial charge < -0.3 is 5.32 Å². The first-order chi connectivity index (χ1) is 7.15. The Hall–Kier alpha value is 0.110. The summed E-state index contributed by atoms with van der Waals surface area (Å²) in [5.74, 6) is 3.64. The SMILES string of the molecule is CC(C)C(CCCl)NC(=O)C1CCSC1. The number of hydrogen-bond acceptors (Lipinski definition) is 2. The Bertz CT molecular complexity index is 205. The molecule has 0 bridgehead atoms. The van der Waals surface area contributed by atoms with Crippen LogP contribution in [0.3, 0.4) is 0 Å². The molecule has 1 N–H and O–H groups in total. The number of hydrogen-bond donors (Lipinski definition) is 1. The average molecular weight is 250 g/mol. The summed E-state index contributed by atoms with van der Waals surface area (Å²) in [5.41, 5.74) is 0. The van der Waals surface area contributed by atoms with Crippen LogP contribution in [0.4, 0.5) is 0 Å². The van der Waals surface area contributed by atoms with Gasteiger partial charge in [-0.05, 0) is 24.5 Å². The molecule has 4 heteroatoms. The molecule has 1 saturated heterocycles. The Morgan fingerprint density at radius 2 is 2.33 bits per heavy atom. The molecular formula is C11H20ClNOS. The molecule has 0 saturated carbocycles. The number of rotatable bonds is 5. The quantitative estimate of drug-likeness (QED) is 0.759. The molecule has 88 valence electrons. The van der Waals surface area contributed by atoms with E-state index >= 15 is 0 Å². The van der Waals surface area contributed by atoms with Gasteiger partial charge in [-0.1, -0.05) is 13.8 Å². The molecule has 0 radical (unpaired) electrons. The standard InChI is InChI=1S/C11H20ClNOS/c1-8(2)10(3-5-12)13-11(14)9-4-6-15-7-9/h8-10H,3-7H2,1-2H3,(H,13,14). The maximum atomic E-state index is 11.9. The van der Waals surface area contributed by atoms with E-state index in [9.17, 15) is 4.79 Å². The van der Waals surface area contributed by atoms with Crippen LogP contribution >= 0.6 is 23.4 Å². The number of halogens is 1. The molecule has 1 heterocycles. The summed E-state index contributed by atoms with van der Waals surface area (Å²) in [4.78, 5) is 11.9. The van der Waals surface area contributed by atoms with E-state index in [0.29, 0.717) is 11.8 Å². The molecule has 1 rings (SSSR count). The summed E-state index contributed by atoms with van der Waals surface area (Å²) < 4.78 is 0. The fraction of sp³-hybridized carbons (Fsp3) is 0.909. The summed E-state index contributed by atoms with van der Waals surface area (Å²) in [6.07, 6.45) is 1.90. The van der Waals surface area contributed by atoms with E-state index in [1.807, 2.05) is 11.8 Å². The van der Waals surface area contributed by atoms with E-state index in [1.165, 1.54) is 0 Å². The third kappa shape index (κ3) is 4.23. The summed E-state index contributed by atoms with van der Waals surface area (Å²) >= 11 is 7.60. The van der Waals surface area contributed by atoms with Crippen LogP contribution in [-0.4, -0.2) is 29.3 Å². The molecule has 2 atom stereocenters. The largest absolute Gasteiger partial charge is 0.353 e. The van der Waals surface area contributed by atoms with E-state index in [1.54, 1.807) is 0 Å². The molecule has 1 amide bonds. The minimum atomic E-state index is 0.226. The van der Waals surface area contributed by atoms with Crippen molar-refractivity contribution in [3.05, 3.63) is 0 Å². The molecule has 2 unspecified atom stereocenters. The van der Waals surface area contributed by atoms with Gasteiger partial charge in [-0.15, -0.1) is 11.6 Å². The van der Waals surface area contributed by atoms with Crippen LogP contribution in [0.1, 0.15) is 26.7 Å². The van der Waals surface area contributed by atoms with Crippen molar-refractivity contribution in [2.75, 3.05) is 17.4 Å². The van der Waals surface area contributed by atoms with Gasteiger partial charge in [-0.3, -0.25) is 4.79 Å². The van der Waals surface area contributed by atoms with E-state index in [0.717, 1.165) is 24.3 Å². The van der Waals surface area contributed by atoms with Crippen molar-refractivity contribution >= 4 is 29.3 Å². The van der Waals surface area contributed by atoms with Gasteiger partial charge in [0.05, 0.1) is 0 Å². The smallest absolute Gasteiger partial charge is 0.224 e. The van der Waals surface area contributed by atoms with Crippen molar-refractivity contribution in [2.24, 2.45) is 11.8 Å². The van der Waals surface area contributed by atoms with Crippen LogP contribution in [0.5, 0.6) is 0 Å². The van der Waals surface area contributed by atoms with E-state index in [2.05, 4.69) is 19.2 Å². The maximum absolute atomic E-state index is 11.9. The maximum Gasteiger partial charge on any atom is 0.224 e. The van der Waals surface area contributed by atoms with Gasteiger partial charge in [0.15, 0.2) is 0 Å². The third-order valence-corrected chi connectivity index (χ3v) is 4.23. The molecule has 0 aromatic rings. The van der Waals surface area contributed by atoms with Crippen molar-refractivity contribution in [1.29, 1.82) is 0 Å². The lowest BCUT2D eigenvalue weighted by atomic mass is 10.00. The van der Waals surface area contributed by atoms with Gasteiger partial charge in [-0.2, -0.15) is 11.8 Å². The zero-order valence-electron chi connectivity index (χ0n) is 9.46. The van der Waals surface area contributed by atoms with Crippen LogP contribution in [0.2, 0.25) is 0 Å². The number of nitrogens with one attached hydrogen (secondary N) is 1. The lowest BCUT2D eigenvalue weighted by Gasteiger charge is -2.23. The lowest BCUT2D eigenvalue weighted by Crippen LogP contribution is -2.42. The van der Waals surface area contributed by atoms with E-state index in [4.69, 9.17) is 11.6 Å². The van der Waals surface area contributed by atoms with Crippen molar-refractivity contribution in [3.63, 3.8) is 0 Å². The monoisotopic (exact) mass is 249 g/mol. The normalized spacial score (nSPS) is 23.1. The molecule has 2 nitrogen and oxygen atoms in total. The van der Waals surface area contributed by atoms with Crippen molar-refractivity contribution in [2.45, 2.75) is 32.7 Å². The topological polar surface area (TPSA) is 29.1 Å². The molecule has 1 aliphatic heterocycles. The molecule has 0 aromatic heterocycles. The average Bonchev–Trinajstić information content (AvgIpc) is 2.69. The Labute approximate surface area is 102 Å². The van der Waals surface area contributed by atoms with Gasteiger partial charge in [0.2, 0.25) is 5.91 Å². The van der Waals surface area contributed by atoms with Gasteiger partial charge >= 0.3 is 0 Å². The first-order valence-corrected chi connectivity index (χ1v) is 7.28. The number of thioether (sulfide) groups is 1. The Kier molecular flexibility index (Phi) is 5.83. The third-order valence-electron chi connectivity index (χ3n) is 2.85. The first-order valence-electron chi connectivity index (χ1n) is 5.59. The first kappa shape index (κ1) is 13.2. The van der Waals surface area contributed by atoms with Crippen molar-refractivity contribution in [1.82, 2.24) is 5.32 Å². The lowest BCUT2D eigenvalue weighted by molar-refractivity contribution is -0.125. The van der Waals surface area contributed by atoms with Crippen LogP contribution in [0, 0.1) is 11.8 Å². The molecule has 0 spiro atoms. The van der Waals surface area contributed by atoms with Crippen molar-refractivity contribution in [3.8, 4) is 0 Å². The Balaban J connectivity index is 2.38. The fourth-order valence-electron chi connectivity index (χ4n) is 1.73. The predicted molar refractivity (Wildman–Crippen MR) is 67.5 cm³/mol. The molecular weight excluding hydrogens is 230 g/mol. The highest BCUT2D eigenvalue weighted by molar-refractivity contribution is 7.99. The molecule has 15 heavy (non-hydrogen) atoms. The summed E-state index contributed by atoms with van der Waals surface area (Å²) in [5, 5.41) is 3.12. The second-order valence-corrected chi connectivity index (χ2v) is 5.93. The highest BCUT2D eigenvalue weighted by Gasteiger charge is 2.25. The summed E-state index contributed by atoms with van der Waals surface area (Å²) in [7, 11) is 0. The number of alkyl halides is 1. The molecule has 0 aliphatic carbocycles. The highest BCUT2D eigenvalue weighted by atomic mass is 35.5. The minimum Gasteiger partial charge on any atom is -0.353 e. The van der Waals surface area contributed by atoms with E-state index in [-0.39, 0.29) is 17.9 Å². The molecule has 1 aliphatic rings. The van der Waals surface area contributed by atoms with Crippen molar-refractivity contribution < 1.29 is 4.79 Å². The number of carbonyl (C=O) groups excluding carboxylic acids is 1. The van der Waals surface area contributed by atoms with Gasteiger partial charge in [0, 0.05) is 23.6 Å². The van der Waals surface area contributed by atoms with Crippen LogP contribution in [-0.2, 0) is 4.79 Å². The summed E-state index contributed by atoms with van der Waals surface area (Å²) in [6.45, 7) is 4.25. The highest BCUT2D eigenvalue weighted by Crippen LogP contribution is 2.23.